The second-order valence-corrected chi connectivity index (χ2v) is 2.49. The van der Waals surface area contributed by atoms with Gasteiger partial charge in [-0.25, -0.2) is 4.79 Å². The van der Waals surface area contributed by atoms with Crippen LogP contribution in [0.15, 0.2) is 0 Å². The number of carboxylic acid groups (broad SMARTS) is 1. The molecule has 0 bridgehead atoms. The molecule has 0 spiro atoms. The summed E-state index contributed by atoms with van der Waals surface area (Å²) in [5, 5.41) is 8.23. The second kappa shape index (κ2) is 3.99. The first-order valence-corrected chi connectivity index (χ1v) is 3.61. The molecule has 60 valence electrons. The number of ether oxygens (including phenoxy) is 1. The highest BCUT2D eigenvalue weighted by Crippen LogP contribution is 2.11. The molecule has 3 heteroatoms. The molecule has 1 heterocycles. The van der Waals surface area contributed by atoms with Crippen molar-refractivity contribution in [3.63, 3.8) is 0 Å². The third-order valence-electron chi connectivity index (χ3n) is 1.54. The van der Waals surface area contributed by atoms with Crippen molar-refractivity contribution in [3.8, 4) is 11.8 Å². The molecule has 1 N–H and O–H groups in total. The average Bonchev–Trinajstić information content (AvgIpc) is 2.03. The van der Waals surface area contributed by atoms with Gasteiger partial charge in [0.05, 0.1) is 6.61 Å². The van der Waals surface area contributed by atoms with E-state index < -0.39 is 5.97 Å². The van der Waals surface area contributed by atoms with Crippen molar-refractivity contribution >= 4 is 5.97 Å². The van der Waals surface area contributed by atoms with E-state index in [9.17, 15) is 4.79 Å². The van der Waals surface area contributed by atoms with Gasteiger partial charge >= 0.3 is 5.97 Å². The highest BCUT2D eigenvalue weighted by molar-refractivity contribution is 5.86. The Balaban J connectivity index is 2.36. The summed E-state index contributed by atoms with van der Waals surface area (Å²) in [6, 6.07) is 0. The molecule has 1 atom stereocenters. The fraction of sp³-hybridized carbons (Fsp3) is 0.625. The smallest absolute Gasteiger partial charge is 0.381 e. The van der Waals surface area contributed by atoms with Crippen LogP contribution in [-0.2, 0) is 9.53 Å². The van der Waals surface area contributed by atoms with E-state index in [0.717, 1.165) is 19.4 Å². The lowest BCUT2D eigenvalue weighted by Gasteiger charge is -2.16. The van der Waals surface area contributed by atoms with Crippen LogP contribution in [0, 0.1) is 17.8 Å². The van der Waals surface area contributed by atoms with Gasteiger partial charge in [-0.1, -0.05) is 5.92 Å². The SMILES string of the molecule is O=C(O)C#CC1CCCOC1. The summed E-state index contributed by atoms with van der Waals surface area (Å²) in [6.07, 6.45) is 1.94. The predicted octanol–water partition coefficient (Wildman–Crippen LogP) is 0.501. The van der Waals surface area contributed by atoms with Gasteiger partial charge < -0.3 is 9.84 Å². The van der Waals surface area contributed by atoms with Crippen molar-refractivity contribution < 1.29 is 14.6 Å². The van der Waals surface area contributed by atoms with E-state index in [1.165, 1.54) is 0 Å². The van der Waals surface area contributed by atoms with Crippen LogP contribution in [0.4, 0.5) is 0 Å². The van der Waals surface area contributed by atoms with Gasteiger partial charge in [-0.15, -0.1) is 0 Å². The maximum Gasteiger partial charge on any atom is 0.381 e. The van der Waals surface area contributed by atoms with Crippen molar-refractivity contribution in [1.29, 1.82) is 0 Å². The van der Waals surface area contributed by atoms with Crippen LogP contribution >= 0.6 is 0 Å². The lowest BCUT2D eigenvalue weighted by molar-refractivity contribution is -0.130. The number of hydrogen-bond donors (Lipinski definition) is 1. The molecule has 0 amide bonds. The number of carbonyl (C=O) groups is 1. The first kappa shape index (κ1) is 8.09. The zero-order chi connectivity index (χ0) is 8.10. The van der Waals surface area contributed by atoms with Gasteiger partial charge in [0.2, 0.25) is 0 Å². The molecule has 0 aromatic rings. The minimum absolute atomic E-state index is 0.125. The molecule has 0 saturated carbocycles. The Morgan fingerprint density at radius 3 is 3.00 bits per heavy atom. The fourth-order valence-electron chi connectivity index (χ4n) is 1.02. The van der Waals surface area contributed by atoms with Crippen LogP contribution in [0.25, 0.3) is 0 Å². The molecule has 0 aromatic carbocycles. The summed E-state index contributed by atoms with van der Waals surface area (Å²) in [5.74, 6) is 3.81. The maximum atomic E-state index is 10.0. The zero-order valence-corrected chi connectivity index (χ0v) is 6.17. The van der Waals surface area contributed by atoms with Gasteiger partial charge in [-0.2, -0.15) is 0 Å². The number of carboxylic acids is 1. The van der Waals surface area contributed by atoms with Gasteiger partial charge in [0.25, 0.3) is 0 Å². The first-order valence-electron chi connectivity index (χ1n) is 3.61. The van der Waals surface area contributed by atoms with Crippen molar-refractivity contribution in [2.24, 2.45) is 5.92 Å². The highest BCUT2D eigenvalue weighted by Gasteiger charge is 2.10. The Morgan fingerprint density at radius 2 is 2.45 bits per heavy atom. The minimum Gasteiger partial charge on any atom is -0.472 e. The van der Waals surface area contributed by atoms with Crippen LogP contribution in [-0.4, -0.2) is 24.3 Å². The van der Waals surface area contributed by atoms with E-state index in [2.05, 4.69) is 11.8 Å². The van der Waals surface area contributed by atoms with Gasteiger partial charge in [-0.3, -0.25) is 0 Å². The normalized spacial score (nSPS) is 23.5. The predicted molar refractivity (Wildman–Crippen MR) is 39.0 cm³/mol. The van der Waals surface area contributed by atoms with Crippen LogP contribution in [0.3, 0.4) is 0 Å². The van der Waals surface area contributed by atoms with Gasteiger partial charge in [0, 0.05) is 18.4 Å². The van der Waals surface area contributed by atoms with Crippen molar-refractivity contribution in [2.75, 3.05) is 13.2 Å². The Kier molecular flexibility index (Phi) is 2.94. The topological polar surface area (TPSA) is 46.5 Å². The molecule has 1 unspecified atom stereocenters. The summed E-state index contributed by atoms with van der Waals surface area (Å²) in [6.45, 7) is 1.37. The largest absolute Gasteiger partial charge is 0.472 e. The highest BCUT2D eigenvalue weighted by atomic mass is 16.5. The molecule has 3 nitrogen and oxygen atoms in total. The summed E-state index contributed by atoms with van der Waals surface area (Å²) in [5.41, 5.74) is 0. The molecule has 1 aliphatic heterocycles. The molecular formula is C8H10O3. The Bertz CT molecular complexity index is 193. The van der Waals surface area contributed by atoms with Gasteiger partial charge in [0.1, 0.15) is 0 Å². The number of rotatable bonds is 0. The lowest BCUT2D eigenvalue weighted by atomic mass is 10.0. The monoisotopic (exact) mass is 154 g/mol. The van der Waals surface area contributed by atoms with Crippen LogP contribution in [0.1, 0.15) is 12.8 Å². The van der Waals surface area contributed by atoms with E-state index in [4.69, 9.17) is 9.84 Å². The molecule has 0 aliphatic carbocycles. The maximum absolute atomic E-state index is 10.0. The summed E-state index contributed by atoms with van der Waals surface area (Å²) < 4.78 is 5.12. The second-order valence-electron chi connectivity index (χ2n) is 2.49. The molecular weight excluding hydrogens is 144 g/mol. The number of aliphatic carboxylic acids is 1. The molecule has 11 heavy (non-hydrogen) atoms. The van der Waals surface area contributed by atoms with E-state index in [1.54, 1.807) is 0 Å². The van der Waals surface area contributed by atoms with Crippen molar-refractivity contribution in [3.05, 3.63) is 0 Å². The van der Waals surface area contributed by atoms with E-state index in [1.807, 2.05) is 0 Å². The van der Waals surface area contributed by atoms with Crippen LogP contribution < -0.4 is 0 Å². The van der Waals surface area contributed by atoms with E-state index >= 15 is 0 Å². The summed E-state index contributed by atoms with van der Waals surface area (Å²) in [4.78, 5) is 10.0. The summed E-state index contributed by atoms with van der Waals surface area (Å²) >= 11 is 0. The molecule has 1 aliphatic rings. The summed E-state index contributed by atoms with van der Waals surface area (Å²) in [7, 11) is 0. The number of hydrogen-bond acceptors (Lipinski definition) is 2. The Morgan fingerprint density at radius 1 is 1.64 bits per heavy atom. The minimum atomic E-state index is -1.06. The molecule has 0 radical (unpaired) electrons. The lowest BCUT2D eigenvalue weighted by Crippen LogP contribution is -2.15. The van der Waals surface area contributed by atoms with Crippen molar-refractivity contribution in [1.82, 2.24) is 0 Å². The first-order chi connectivity index (χ1) is 5.29. The van der Waals surface area contributed by atoms with E-state index in [-0.39, 0.29) is 5.92 Å². The zero-order valence-electron chi connectivity index (χ0n) is 6.17. The standard InChI is InChI=1S/C8H10O3/c9-8(10)4-3-7-2-1-5-11-6-7/h7H,1-2,5-6H2,(H,9,10). The van der Waals surface area contributed by atoms with Crippen LogP contribution in [0.2, 0.25) is 0 Å². The Labute approximate surface area is 65.4 Å². The van der Waals surface area contributed by atoms with Gasteiger partial charge in [-0.05, 0) is 12.8 Å². The van der Waals surface area contributed by atoms with Crippen LogP contribution in [0.5, 0.6) is 0 Å². The third kappa shape index (κ3) is 3.06. The third-order valence-corrected chi connectivity index (χ3v) is 1.54. The fourth-order valence-corrected chi connectivity index (χ4v) is 1.02. The van der Waals surface area contributed by atoms with E-state index in [0.29, 0.717) is 6.61 Å². The average molecular weight is 154 g/mol. The molecule has 1 saturated heterocycles. The Hall–Kier alpha value is -1.01. The van der Waals surface area contributed by atoms with Crippen molar-refractivity contribution in [2.45, 2.75) is 12.8 Å². The molecule has 1 rings (SSSR count). The molecule has 0 aromatic heterocycles. The molecule has 1 fully saturated rings. The van der Waals surface area contributed by atoms with Gasteiger partial charge in [0.15, 0.2) is 0 Å². The quantitative estimate of drug-likeness (QED) is 0.517.